The number of nitro benzene ring substituents is 1. The molecular formula is C14H13N3O3S. The third-order valence-electron chi connectivity index (χ3n) is 2.74. The third kappa shape index (κ3) is 2.88. The summed E-state index contributed by atoms with van der Waals surface area (Å²) in [5.41, 5.74) is 1.20. The molecule has 1 N–H and O–H groups in total. The predicted octanol–water partition coefficient (Wildman–Crippen LogP) is 3.13. The van der Waals surface area contributed by atoms with Gasteiger partial charge in [0, 0.05) is 18.0 Å². The van der Waals surface area contributed by atoms with Crippen molar-refractivity contribution in [2.75, 3.05) is 0 Å². The molecule has 0 amide bonds. The van der Waals surface area contributed by atoms with Crippen molar-refractivity contribution in [3.8, 4) is 0 Å². The van der Waals surface area contributed by atoms with Crippen LogP contribution in [0.25, 0.3) is 12.2 Å². The molecule has 0 aliphatic rings. The summed E-state index contributed by atoms with van der Waals surface area (Å²) in [4.78, 5) is 15.3. The van der Waals surface area contributed by atoms with Gasteiger partial charge in [-0.05, 0) is 18.2 Å². The van der Waals surface area contributed by atoms with Gasteiger partial charge in [-0.2, -0.15) is 0 Å². The van der Waals surface area contributed by atoms with E-state index in [2.05, 4.69) is 18.1 Å². The lowest BCUT2D eigenvalue weighted by atomic mass is 10.3. The van der Waals surface area contributed by atoms with E-state index in [9.17, 15) is 15.2 Å². The van der Waals surface area contributed by atoms with Gasteiger partial charge in [0.25, 0.3) is 5.69 Å². The lowest BCUT2D eigenvalue weighted by Gasteiger charge is -2.08. The van der Waals surface area contributed by atoms with Crippen LogP contribution in [0, 0.1) is 10.1 Å². The maximum absolute atomic E-state index is 11.1. The van der Waals surface area contributed by atoms with Crippen LogP contribution in [0.4, 0.5) is 5.69 Å². The average molecular weight is 303 g/mol. The normalized spacial score (nSPS) is 10.3. The largest absolute Gasteiger partial charge is 0.388 e. The van der Waals surface area contributed by atoms with Gasteiger partial charge in [-0.3, -0.25) is 14.1 Å². The van der Waals surface area contributed by atoms with Gasteiger partial charge in [0.1, 0.15) is 17.3 Å². The van der Waals surface area contributed by atoms with Crippen LogP contribution >= 0.6 is 11.9 Å². The van der Waals surface area contributed by atoms with Crippen molar-refractivity contribution in [2.24, 2.45) is 0 Å². The van der Waals surface area contributed by atoms with E-state index in [0.29, 0.717) is 22.1 Å². The van der Waals surface area contributed by atoms with E-state index in [0.717, 1.165) is 11.9 Å². The minimum absolute atomic E-state index is 0.00439. The average Bonchev–Trinajstić information content (AvgIpc) is 2.84. The van der Waals surface area contributed by atoms with Crippen molar-refractivity contribution in [2.45, 2.75) is 11.5 Å². The molecule has 2 rings (SSSR count). The van der Waals surface area contributed by atoms with Crippen molar-refractivity contribution in [3.63, 3.8) is 0 Å². The Hall–Kier alpha value is -2.38. The molecule has 0 aliphatic heterocycles. The van der Waals surface area contributed by atoms with Gasteiger partial charge in [0.05, 0.1) is 16.3 Å². The molecule has 2 aromatic rings. The summed E-state index contributed by atoms with van der Waals surface area (Å²) >= 11 is 1.11. The predicted molar refractivity (Wildman–Crippen MR) is 82.7 cm³/mol. The number of para-hydroxylation sites is 1. The van der Waals surface area contributed by atoms with Crippen LogP contribution in [0.15, 0.2) is 42.3 Å². The van der Waals surface area contributed by atoms with Crippen molar-refractivity contribution in [1.82, 2.24) is 8.96 Å². The molecule has 1 aromatic carbocycles. The molecular weight excluding hydrogens is 290 g/mol. The molecule has 0 bridgehead atoms. The van der Waals surface area contributed by atoms with Gasteiger partial charge < -0.3 is 5.11 Å². The highest BCUT2D eigenvalue weighted by Gasteiger charge is 2.19. The lowest BCUT2D eigenvalue weighted by molar-refractivity contribution is -0.387. The van der Waals surface area contributed by atoms with Gasteiger partial charge in [0.15, 0.2) is 0 Å². The number of rotatable bonds is 6. The summed E-state index contributed by atoms with van der Waals surface area (Å²) in [6.45, 7) is 7.08. The molecule has 0 radical (unpaired) electrons. The number of nitro groups is 1. The summed E-state index contributed by atoms with van der Waals surface area (Å²) in [5, 5.41) is 20.5. The second kappa shape index (κ2) is 6.38. The molecule has 0 unspecified atom stereocenters. The summed E-state index contributed by atoms with van der Waals surface area (Å²) in [6, 6.07) is 6.39. The number of imidazole rings is 1. The first kappa shape index (κ1) is 15.0. The van der Waals surface area contributed by atoms with Gasteiger partial charge >= 0.3 is 0 Å². The molecule has 1 aromatic heterocycles. The first-order valence-corrected chi connectivity index (χ1v) is 6.78. The van der Waals surface area contributed by atoms with E-state index in [4.69, 9.17) is 0 Å². The molecule has 6 nitrogen and oxygen atoms in total. The molecule has 0 saturated carbocycles. The Morgan fingerprint density at radius 1 is 1.38 bits per heavy atom. The van der Waals surface area contributed by atoms with Crippen molar-refractivity contribution < 1.29 is 10.0 Å². The number of aromatic nitrogens is 2. The van der Waals surface area contributed by atoms with E-state index in [1.165, 1.54) is 6.07 Å². The van der Waals surface area contributed by atoms with Crippen LogP contribution < -0.4 is 0 Å². The van der Waals surface area contributed by atoms with Gasteiger partial charge in [-0.25, -0.2) is 4.98 Å². The number of aliphatic hydroxyl groups excluding tert-OH is 1. The molecule has 0 fully saturated rings. The first-order chi connectivity index (χ1) is 10.1. The maximum atomic E-state index is 11.1. The Labute approximate surface area is 125 Å². The second-order valence-electron chi connectivity index (χ2n) is 3.98. The molecule has 0 aliphatic carbocycles. The molecule has 7 heteroatoms. The first-order valence-electron chi connectivity index (χ1n) is 6.01. The molecule has 0 saturated heterocycles. The van der Waals surface area contributed by atoms with E-state index in [1.807, 2.05) is 0 Å². The second-order valence-corrected chi connectivity index (χ2v) is 4.96. The van der Waals surface area contributed by atoms with E-state index < -0.39 is 4.92 Å². The van der Waals surface area contributed by atoms with Gasteiger partial charge in [-0.15, -0.1) is 0 Å². The minimum atomic E-state index is -0.445. The fourth-order valence-electron chi connectivity index (χ4n) is 1.81. The topological polar surface area (TPSA) is 81.2 Å². The van der Waals surface area contributed by atoms with Crippen LogP contribution in [-0.4, -0.2) is 19.0 Å². The number of hydrogen-bond donors (Lipinski definition) is 1. The molecule has 0 spiro atoms. The zero-order chi connectivity index (χ0) is 15.4. The summed E-state index contributed by atoms with van der Waals surface area (Å²) in [5.74, 6) is 0.378. The number of nitrogens with zero attached hydrogens (tertiary/aromatic N) is 3. The lowest BCUT2D eigenvalue weighted by Crippen LogP contribution is -1.99. The Bertz CT molecular complexity index is 709. The van der Waals surface area contributed by atoms with Crippen LogP contribution in [0.2, 0.25) is 0 Å². The fraction of sp³-hybridized carbons (Fsp3) is 0.0714. The highest BCUT2D eigenvalue weighted by Crippen LogP contribution is 2.33. The van der Waals surface area contributed by atoms with Crippen molar-refractivity contribution in [1.29, 1.82) is 0 Å². The van der Waals surface area contributed by atoms with Crippen molar-refractivity contribution >= 4 is 29.8 Å². The zero-order valence-corrected chi connectivity index (χ0v) is 11.9. The fourth-order valence-corrected chi connectivity index (χ4v) is 2.85. The van der Waals surface area contributed by atoms with Crippen LogP contribution in [0.3, 0.4) is 0 Å². The summed E-state index contributed by atoms with van der Waals surface area (Å²) in [6.07, 6.45) is 3.12. The number of hydrogen-bond acceptors (Lipinski definition) is 5. The Balaban J connectivity index is 2.54. The molecule has 21 heavy (non-hydrogen) atoms. The van der Waals surface area contributed by atoms with Gasteiger partial charge in [0.2, 0.25) is 0 Å². The molecule has 108 valence electrons. The Morgan fingerprint density at radius 3 is 2.67 bits per heavy atom. The smallest absolute Gasteiger partial charge is 0.284 e. The van der Waals surface area contributed by atoms with Crippen molar-refractivity contribution in [3.05, 3.63) is 64.7 Å². The van der Waals surface area contributed by atoms with E-state index in [1.54, 1.807) is 34.3 Å². The minimum Gasteiger partial charge on any atom is -0.388 e. The van der Waals surface area contributed by atoms with Crippen LogP contribution in [0.5, 0.6) is 0 Å². The zero-order valence-electron chi connectivity index (χ0n) is 11.1. The highest BCUT2D eigenvalue weighted by atomic mass is 32.2. The van der Waals surface area contributed by atoms with Crippen LogP contribution in [0.1, 0.15) is 17.2 Å². The quantitative estimate of drug-likeness (QED) is 0.655. The monoisotopic (exact) mass is 303 g/mol. The molecule has 1 heterocycles. The van der Waals surface area contributed by atoms with E-state index in [-0.39, 0.29) is 12.3 Å². The maximum Gasteiger partial charge on any atom is 0.284 e. The third-order valence-corrected chi connectivity index (χ3v) is 3.88. The van der Waals surface area contributed by atoms with Crippen LogP contribution in [-0.2, 0) is 6.61 Å². The number of benzene rings is 1. The SMILES string of the molecule is C=Cc1nc(CO)n(Sc2ccccc2[N+](=O)[O-])c1C=C. The molecule has 0 atom stereocenters. The Kier molecular flexibility index (Phi) is 4.56. The van der Waals surface area contributed by atoms with Gasteiger partial charge in [-0.1, -0.05) is 25.3 Å². The summed E-state index contributed by atoms with van der Waals surface area (Å²) < 4.78 is 1.62. The standard InChI is InChI=1S/C14H13N3O3S/c1-3-10-11(4-2)16(14(9-18)15-10)21-13-8-6-5-7-12(13)17(19)20/h3-8,18H,1-2,9H2. The number of aliphatic hydroxyl groups is 1. The highest BCUT2D eigenvalue weighted by molar-refractivity contribution is 7.98. The van der Waals surface area contributed by atoms with E-state index >= 15 is 0 Å². The Morgan fingerprint density at radius 2 is 2.10 bits per heavy atom. The summed E-state index contributed by atoms with van der Waals surface area (Å²) in [7, 11) is 0.